The lowest BCUT2D eigenvalue weighted by Gasteiger charge is -2.17. The minimum atomic E-state index is -4.37. The van der Waals surface area contributed by atoms with E-state index in [9.17, 15) is 17.6 Å². The van der Waals surface area contributed by atoms with E-state index in [1.807, 2.05) is 0 Å². The highest BCUT2D eigenvalue weighted by atomic mass is 32.2. The van der Waals surface area contributed by atoms with E-state index in [0.717, 1.165) is 0 Å². The fraction of sp³-hybridized carbons (Fsp3) is 0.875. The van der Waals surface area contributed by atoms with Crippen molar-refractivity contribution < 1.29 is 26.9 Å². The van der Waals surface area contributed by atoms with Gasteiger partial charge in [-0.3, -0.25) is 9.35 Å². The SMILES string of the molecule is CC(C)(C)C(=O)OCC(F)CS(=O)(=O)O. The van der Waals surface area contributed by atoms with Crippen molar-refractivity contribution in [2.75, 3.05) is 12.4 Å². The summed E-state index contributed by atoms with van der Waals surface area (Å²) in [6, 6.07) is 0. The van der Waals surface area contributed by atoms with Gasteiger partial charge in [0.1, 0.15) is 12.4 Å². The van der Waals surface area contributed by atoms with E-state index >= 15 is 0 Å². The van der Waals surface area contributed by atoms with E-state index in [1.54, 1.807) is 20.8 Å². The third-order valence-electron chi connectivity index (χ3n) is 1.40. The van der Waals surface area contributed by atoms with Crippen molar-refractivity contribution in [3.8, 4) is 0 Å². The molecule has 0 fully saturated rings. The predicted molar refractivity (Wildman–Crippen MR) is 51.7 cm³/mol. The molecule has 0 bridgehead atoms. The average Bonchev–Trinajstić information content (AvgIpc) is 1.94. The molecule has 7 heteroatoms. The maximum absolute atomic E-state index is 12.8. The van der Waals surface area contributed by atoms with Gasteiger partial charge in [0.2, 0.25) is 0 Å². The lowest BCUT2D eigenvalue weighted by Crippen LogP contribution is -2.28. The zero-order valence-corrected chi connectivity index (χ0v) is 9.67. The Morgan fingerprint density at radius 2 is 1.93 bits per heavy atom. The van der Waals surface area contributed by atoms with Crippen LogP contribution in [0, 0.1) is 5.41 Å². The normalized spacial score (nSPS) is 14.7. The fourth-order valence-corrected chi connectivity index (χ4v) is 1.21. The molecule has 90 valence electrons. The molecule has 0 rings (SSSR count). The van der Waals surface area contributed by atoms with Crippen LogP contribution in [0.3, 0.4) is 0 Å². The van der Waals surface area contributed by atoms with Crippen molar-refractivity contribution in [1.29, 1.82) is 0 Å². The van der Waals surface area contributed by atoms with E-state index in [0.29, 0.717) is 0 Å². The number of halogens is 1. The first-order valence-corrected chi connectivity index (χ1v) is 5.90. The zero-order valence-electron chi connectivity index (χ0n) is 8.86. The Morgan fingerprint density at radius 1 is 1.47 bits per heavy atom. The Morgan fingerprint density at radius 3 is 2.27 bits per heavy atom. The molecule has 1 N–H and O–H groups in total. The molecule has 1 unspecified atom stereocenters. The predicted octanol–water partition coefficient (Wildman–Crippen LogP) is 0.802. The van der Waals surface area contributed by atoms with Crippen molar-refractivity contribution in [2.45, 2.75) is 26.9 Å². The van der Waals surface area contributed by atoms with Crippen molar-refractivity contribution in [1.82, 2.24) is 0 Å². The van der Waals surface area contributed by atoms with Crippen LogP contribution in [0.2, 0.25) is 0 Å². The Bertz CT molecular complexity index is 316. The second-order valence-corrected chi connectivity index (χ2v) is 5.69. The molecular formula is C8H15FO5S. The standard InChI is InChI=1S/C8H15FO5S/c1-8(2,3)7(10)14-4-6(9)5-15(11,12)13/h6H,4-5H2,1-3H3,(H,11,12,13). The van der Waals surface area contributed by atoms with Gasteiger partial charge in [0.15, 0.2) is 6.17 Å². The van der Waals surface area contributed by atoms with Gasteiger partial charge < -0.3 is 4.74 Å². The molecule has 0 radical (unpaired) electrons. The topological polar surface area (TPSA) is 80.7 Å². The number of carbonyl (C=O) groups is 1. The van der Waals surface area contributed by atoms with Gasteiger partial charge in [0, 0.05) is 0 Å². The molecule has 0 aliphatic heterocycles. The van der Waals surface area contributed by atoms with Gasteiger partial charge in [-0.05, 0) is 20.8 Å². The van der Waals surface area contributed by atoms with Crippen LogP contribution in [-0.4, -0.2) is 37.5 Å². The van der Waals surface area contributed by atoms with E-state index in [-0.39, 0.29) is 0 Å². The lowest BCUT2D eigenvalue weighted by atomic mass is 9.97. The van der Waals surface area contributed by atoms with Crippen LogP contribution in [0.4, 0.5) is 4.39 Å². The average molecular weight is 242 g/mol. The smallest absolute Gasteiger partial charge is 0.311 e. The summed E-state index contributed by atoms with van der Waals surface area (Å²) < 4.78 is 46.2. The molecule has 5 nitrogen and oxygen atoms in total. The summed E-state index contributed by atoms with van der Waals surface area (Å²) >= 11 is 0. The molecule has 0 aromatic rings. The second kappa shape index (κ2) is 4.89. The molecule has 0 aromatic carbocycles. The van der Waals surface area contributed by atoms with Gasteiger partial charge in [-0.15, -0.1) is 0 Å². The summed E-state index contributed by atoms with van der Waals surface area (Å²) in [5, 5.41) is 0. The molecule has 0 saturated heterocycles. The van der Waals surface area contributed by atoms with Crippen molar-refractivity contribution >= 4 is 16.1 Å². The summed E-state index contributed by atoms with van der Waals surface area (Å²) in [7, 11) is -4.37. The molecule has 0 amide bonds. The highest BCUT2D eigenvalue weighted by Crippen LogP contribution is 2.15. The maximum atomic E-state index is 12.8. The van der Waals surface area contributed by atoms with E-state index in [4.69, 9.17) is 4.55 Å². The van der Waals surface area contributed by atoms with E-state index in [2.05, 4.69) is 4.74 Å². The van der Waals surface area contributed by atoms with Gasteiger partial charge >= 0.3 is 5.97 Å². The molecular weight excluding hydrogens is 227 g/mol. The first kappa shape index (κ1) is 14.3. The van der Waals surface area contributed by atoms with Crippen molar-refractivity contribution in [3.63, 3.8) is 0 Å². The molecule has 0 saturated carbocycles. The lowest BCUT2D eigenvalue weighted by molar-refractivity contribution is -0.154. The van der Waals surface area contributed by atoms with Gasteiger partial charge in [0.25, 0.3) is 10.1 Å². The molecule has 15 heavy (non-hydrogen) atoms. The van der Waals surface area contributed by atoms with Crippen LogP contribution in [-0.2, 0) is 19.6 Å². The van der Waals surface area contributed by atoms with Gasteiger partial charge in [0.05, 0.1) is 5.41 Å². The van der Waals surface area contributed by atoms with Crippen LogP contribution in [0.25, 0.3) is 0 Å². The highest BCUT2D eigenvalue weighted by Gasteiger charge is 2.25. The fourth-order valence-electron chi connectivity index (χ4n) is 0.659. The maximum Gasteiger partial charge on any atom is 0.311 e. The molecule has 0 aromatic heterocycles. The number of ether oxygens (including phenoxy) is 1. The molecule has 0 aliphatic carbocycles. The Balaban J connectivity index is 4.03. The van der Waals surface area contributed by atoms with Gasteiger partial charge in [-0.1, -0.05) is 0 Å². The van der Waals surface area contributed by atoms with Crippen molar-refractivity contribution in [2.24, 2.45) is 5.41 Å². The summed E-state index contributed by atoms with van der Waals surface area (Å²) in [5.74, 6) is -1.69. The van der Waals surface area contributed by atoms with Crippen LogP contribution >= 0.6 is 0 Å². The molecule has 0 aliphatic rings. The van der Waals surface area contributed by atoms with E-state index in [1.165, 1.54) is 0 Å². The number of hydrogen-bond donors (Lipinski definition) is 1. The van der Waals surface area contributed by atoms with Crippen LogP contribution in [0.1, 0.15) is 20.8 Å². The molecule has 0 heterocycles. The van der Waals surface area contributed by atoms with Gasteiger partial charge in [-0.25, -0.2) is 4.39 Å². The first-order valence-electron chi connectivity index (χ1n) is 4.29. The van der Waals surface area contributed by atoms with Gasteiger partial charge in [-0.2, -0.15) is 8.42 Å². The summed E-state index contributed by atoms with van der Waals surface area (Å²) in [5.41, 5.74) is -0.766. The Labute approximate surface area is 88.4 Å². The number of alkyl halides is 1. The second-order valence-electron chi connectivity index (χ2n) is 4.19. The highest BCUT2D eigenvalue weighted by molar-refractivity contribution is 7.85. The monoisotopic (exact) mass is 242 g/mol. The van der Waals surface area contributed by atoms with Crippen LogP contribution in [0.5, 0.6) is 0 Å². The van der Waals surface area contributed by atoms with Crippen molar-refractivity contribution in [3.05, 3.63) is 0 Å². The third-order valence-corrected chi connectivity index (χ3v) is 2.18. The summed E-state index contributed by atoms with van der Waals surface area (Å²) in [6.45, 7) is 4.10. The van der Waals surface area contributed by atoms with Crippen LogP contribution in [0.15, 0.2) is 0 Å². The Kier molecular flexibility index (Phi) is 4.66. The first-order chi connectivity index (χ1) is 6.52. The quantitative estimate of drug-likeness (QED) is 0.582. The molecule has 1 atom stereocenters. The minimum Gasteiger partial charge on any atom is -0.462 e. The number of rotatable bonds is 4. The summed E-state index contributed by atoms with van der Waals surface area (Å²) in [4.78, 5) is 11.1. The number of carbonyl (C=O) groups excluding carboxylic acids is 1. The van der Waals surface area contributed by atoms with E-state index < -0.39 is 40.0 Å². The number of hydrogen-bond acceptors (Lipinski definition) is 4. The van der Waals surface area contributed by atoms with Crippen LogP contribution < -0.4 is 0 Å². The summed E-state index contributed by atoms with van der Waals surface area (Å²) in [6.07, 6.45) is -1.91. The number of esters is 1. The minimum absolute atomic E-state index is 0.625. The largest absolute Gasteiger partial charge is 0.462 e. The molecule has 0 spiro atoms. The third kappa shape index (κ3) is 7.26. The Hall–Kier alpha value is -0.690. The zero-order chi connectivity index (χ0) is 12.3.